The van der Waals surface area contributed by atoms with Crippen molar-refractivity contribution in [2.75, 3.05) is 0 Å². The molecule has 0 aliphatic carbocycles. The van der Waals surface area contributed by atoms with Gasteiger partial charge in [-0.2, -0.15) is 0 Å². The molecular formula is C34H24. The van der Waals surface area contributed by atoms with Gasteiger partial charge in [-0.05, 0) is 60.5 Å². The van der Waals surface area contributed by atoms with Crippen LogP contribution in [0.1, 0.15) is 5.56 Å². The van der Waals surface area contributed by atoms with Gasteiger partial charge in [-0.25, -0.2) is 0 Å². The summed E-state index contributed by atoms with van der Waals surface area (Å²) in [6, 6.07) is 45.8. The summed E-state index contributed by atoms with van der Waals surface area (Å²) in [5.41, 5.74) is 8.60. The quantitative estimate of drug-likeness (QED) is 0.243. The summed E-state index contributed by atoms with van der Waals surface area (Å²) in [5, 5.41) is 5.10. The monoisotopic (exact) mass is 432 g/mol. The first kappa shape index (κ1) is 20.2. The molecule has 0 unspecified atom stereocenters. The molecule has 6 aromatic carbocycles. The van der Waals surface area contributed by atoms with E-state index in [0.29, 0.717) is 0 Å². The Labute approximate surface area is 200 Å². The van der Waals surface area contributed by atoms with Gasteiger partial charge in [0, 0.05) is 0 Å². The van der Waals surface area contributed by atoms with Crippen LogP contribution in [0.5, 0.6) is 0 Å². The lowest BCUT2D eigenvalue weighted by Gasteiger charge is -2.20. The fourth-order valence-electron chi connectivity index (χ4n) is 5.08. The molecule has 0 heteroatoms. The third-order valence-corrected chi connectivity index (χ3v) is 6.65. The summed E-state index contributed by atoms with van der Waals surface area (Å²) < 4.78 is 0. The predicted molar refractivity (Wildman–Crippen MR) is 148 cm³/mol. The van der Waals surface area contributed by atoms with Crippen LogP contribution in [0, 0.1) is 0 Å². The molecule has 0 saturated carbocycles. The van der Waals surface area contributed by atoms with E-state index in [1.165, 1.54) is 54.9 Å². The second-order valence-corrected chi connectivity index (χ2v) is 8.58. The minimum absolute atomic E-state index is 1.13. The largest absolute Gasteiger partial charge is 0.0985 e. The average molecular weight is 433 g/mol. The molecule has 0 fully saturated rings. The molecule has 0 heterocycles. The lowest BCUT2D eigenvalue weighted by Crippen LogP contribution is -1.93. The van der Waals surface area contributed by atoms with Crippen LogP contribution >= 0.6 is 0 Å². The van der Waals surface area contributed by atoms with Gasteiger partial charge in [0.15, 0.2) is 0 Å². The maximum absolute atomic E-state index is 3.93. The molecule has 6 rings (SSSR count). The molecule has 6 aromatic rings. The van der Waals surface area contributed by atoms with E-state index in [9.17, 15) is 0 Å². The summed E-state index contributed by atoms with van der Waals surface area (Å²) in [5.74, 6) is 0. The van der Waals surface area contributed by atoms with Gasteiger partial charge < -0.3 is 0 Å². The molecule has 34 heavy (non-hydrogen) atoms. The minimum Gasteiger partial charge on any atom is -0.0985 e. The van der Waals surface area contributed by atoms with Crippen molar-refractivity contribution in [1.29, 1.82) is 0 Å². The van der Waals surface area contributed by atoms with Gasteiger partial charge in [0.05, 0.1) is 0 Å². The van der Waals surface area contributed by atoms with Crippen LogP contribution in [-0.4, -0.2) is 0 Å². The van der Waals surface area contributed by atoms with Gasteiger partial charge in [-0.3, -0.25) is 0 Å². The maximum atomic E-state index is 3.93. The van der Waals surface area contributed by atoms with E-state index in [2.05, 4.69) is 134 Å². The Morgan fingerprint density at radius 2 is 0.882 bits per heavy atom. The Hall–Kier alpha value is -4.42. The van der Waals surface area contributed by atoms with Crippen LogP contribution in [0.15, 0.2) is 134 Å². The SMILES string of the molecule is C=Cc1ccc(-c2c(-c3ccccc3-c3ccccc3)c3ccccc3c3ccccc23)cc1. The lowest BCUT2D eigenvalue weighted by atomic mass is 9.82. The number of benzene rings is 6. The fraction of sp³-hybridized carbons (Fsp3) is 0. The van der Waals surface area contributed by atoms with Crippen molar-refractivity contribution in [2.24, 2.45) is 0 Å². The van der Waals surface area contributed by atoms with Crippen LogP contribution in [0.2, 0.25) is 0 Å². The van der Waals surface area contributed by atoms with E-state index in [0.717, 1.165) is 5.56 Å². The maximum Gasteiger partial charge on any atom is -0.00141 e. The topological polar surface area (TPSA) is 0 Å². The summed E-state index contributed by atoms with van der Waals surface area (Å²) >= 11 is 0. The summed E-state index contributed by atoms with van der Waals surface area (Å²) in [6.45, 7) is 3.93. The van der Waals surface area contributed by atoms with Gasteiger partial charge >= 0.3 is 0 Å². The van der Waals surface area contributed by atoms with Gasteiger partial charge in [-0.1, -0.05) is 140 Å². The van der Waals surface area contributed by atoms with Gasteiger partial charge in [0.25, 0.3) is 0 Å². The van der Waals surface area contributed by atoms with Crippen LogP contribution < -0.4 is 0 Å². The average Bonchev–Trinajstić information content (AvgIpc) is 2.93. The molecule has 0 N–H and O–H groups in total. The number of rotatable bonds is 4. The summed E-state index contributed by atoms with van der Waals surface area (Å²) in [4.78, 5) is 0. The van der Waals surface area contributed by atoms with Crippen molar-refractivity contribution >= 4 is 27.6 Å². The van der Waals surface area contributed by atoms with Crippen molar-refractivity contribution in [1.82, 2.24) is 0 Å². The Kier molecular flexibility index (Phi) is 5.05. The van der Waals surface area contributed by atoms with Crippen molar-refractivity contribution in [3.8, 4) is 33.4 Å². The highest BCUT2D eigenvalue weighted by Gasteiger charge is 2.19. The van der Waals surface area contributed by atoms with Gasteiger partial charge in [0.1, 0.15) is 0 Å². The molecule has 0 aliphatic rings. The summed E-state index contributed by atoms with van der Waals surface area (Å²) in [7, 11) is 0. The number of fused-ring (bicyclic) bond motifs is 3. The molecule has 0 amide bonds. The Morgan fingerprint density at radius 3 is 1.50 bits per heavy atom. The number of hydrogen-bond donors (Lipinski definition) is 0. The van der Waals surface area contributed by atoms with Crippen molar-refractivity contribution < 1.29 is 0 Å². The Morgan fingerprint density at radius 1 is 0.382 bits per heavy atom. The first-order valence-corrected chi connectivity index (χ1v) is 11.7. The van der Waals surface area contributed by atoms with Crippen molar-refractivity contribution in [3.63, 3.8) is 0 Å². The predicted octanol–water partition coefficient (Wildman–Crippen LogP) is 9.64. The third-order valence-electron chi connectivity index (χ3n) is 6.65. The van der Waals surface area contributed by atoms with Crippen molar-refractivity contribution in [3.05, 3.63) is 140 Å². The van der Waals surface area contributed by atoms with Gasteiger partial charge in [-0.15, -0.1) is 0 Å². The fourth-order valence-corrected chi connectivity index (χ4v) is 5.08. The molecule has 0 atom stereocenters. The second-order valence-electron chi connectivity index (χ2n) is 8.58. The summed E-state index contributed by atoms with van der Waals surface area (Å²) in [6.07, 6.45) is 1.90. The molecule has 0 radical (unpaired) electrons. The normalized spacial score (nSPS) is 11.1. The molecular weight excluding hydrogens is 408 g/mol. The molecule has 0 bridgehead atoms. The molecule has 0 saturated heterocycles. The molecule has 160 valence electrons. The Balaban J connectivity index is 1.80. The zero-order valence-electron chi connectivity index (χ0n) is 18.9. The Bertz CT molecular complexity index is 1640. The van der Waals surface area contributed by atoms with Crippen LogP contribution in [0.4, 0.5) is 0 Å². The highest BCUT2D eigenvalue weighted by Crippen LogP contribution is 2.46. The smallest absolute Gasteiger partial charge is 0.00141 e. The van der Waals surface area contributed by atoms with E-state index in [-0.39, 0.29) is 0 Å². The second kappa shape index (κ2) is 8.50. The standard InChI is InChI=1S/C34H24/c1-2-24-20-22-26(23-21-24)33-31-18-10-7-15-28(31)29-16-8-11-19-32(29)34(33)30-17-9-6-14-27(30)25-12-4-3-5-13-25/h2-23H,1H2. The van der Waals surface area contributed by atoms with Crippen LogP contribution in [-0.2, 0) is 0 Å². The lowest BCUT2D eigenvalue weighted by molar-refractivity contribution is 1.59. The molecule has 0 aliphatic heterocycles. The van der Waals surface area contributed by atoms with E-state index < -0.39 is 0 Å². The van der Waals surface area contributed by atoms with E-state index in [4.69, 9.17) is 0 Å². The third kappa shape index (κ3) is 3.32. The highest BCUT2D eigenvalue weighted by atomic mass is 14.2. The zero-order valence-corrected chi connectivity index (χ0v) is 18.9. The van der Waals surface area contributed by atoms with Crippen molar-refractivity contribution in [2.45, 2.75) is 0 Å². The molecule has 0 aromatic heterocycles. The van der Waals surface area contributed by atoms with Gasteiger partial charge in [0.2, 0.25) is 0 Å². The van der Waals surface area contributed by atoms with E-state index in [1.54, 1.807) is 0 Å². The first-order valence-electron chi connectivity index (χ1n) is 11.7. The zero-order chi connectivity index (χ0) is 22.9. The molecule has 0 nitrogen and oxygen atoms in total. The van der Waals surface area contributed by atoms with E-state index >= 15 is 0 Å². The highest BCUT2D eigenvalue weighted by molar-refractivity contribution is 6.22. The van der Waals surface area contributed by atoms with Crippen LogP contribution in [0.3, 0.4) is 0 Å². The minimum atomic E-state index is 1.13. The first-order chi connectivity index (χ1) is 16.8. The van der Waals surface area contributed by atoms with E-state index in [1.807, 2.05) is 6.08 Å². The molecule has 0 spiro atoms. The number of hydrogen-bond acceptors (Lipinski definition) is 0. The van der Waals surface area contributed by atoms with Crippen LogP contribution in [0.25, 0.3) is 61.0 Å².